The molecule has 112 valence electrons. The van der Waals surface area contributed by atoms with Crippen LogP contribution in [0.4, 0.5) is 0 Å². The minimum atomic E-state index is -0.238. The molecule has 1 atom stereocenters. The van der Waals surface area contributed by atoms with Crippen LogP contribution in [0.3, 0.4) is 0 Å². The highest BCUT2D eigenvalue weighted by Crippen LogP contribution is 2.43. The molecule has 2 heterocycles. The molecule has 6 heteroatoms. The van der Waals surface area contributed by atoms with E-state index >= 15 is 0 Å². The summed E-state index contributed by atoms with van der Waals surface area (Å²) in [5.74, 6) is 0.355. The van der Waals surface area contributed by atoms with Gasteiger partial charge < -0.3 is 10.5 Å². The van der Waals surface area contributed by atoms with Gasteiger partial charge in [-0.05, 0) is 30.4 Å². The van der Waals surface area contributed by atoms with Gasteiger partial charge in [0, 0.05) is 16.2 Å². The van der Waals surface area contributed by atoms with E-state index in [1.54, 1.807) is 11.8 Å². The van der Waals surface area contributed by atoms with Crippen LogP contribution in [0.5, 0.6) is 5.88 Å². The average molecular weight is 312 g/mol. The van der Waals surface area contributed by atoms with Crippen molar-refractivity contribution < 1.29 is 4.74 Å². The molecule has 2 aromatic rings. The van der Waals surface area contributed by atoms with E-state index in [0.717, 1.165) is 23.2 Å². The number of aromatic nitrogens is 2. The van der Waals surface area contributed by atoms with Gasteiger partial charge in [0.05, 0.1) is 5.92 Å². The molecule has 0 saturated carbocycles. The Hall–Kier alpha value is -2.39. The topological polar surface area (TPSA) is 87.7 Å². The van der Waals surface area contributed by atoms with Gasteiger partial charge in [0.15, 0.2) is 0 Å². The molecule has 3 rings (SSSR count). The van der Waals surface area contributed by atoms with Crippen molar-refractivity contribution in [3.63, 3.8) is 0 Å². The number of ether oxygens (including phenoxy) is 1. The van der Waals surface area contributed by atoms with Gasteiger partial charge >= 0.3 is 0 Å². The molecule has 0 aliphatic carbocycles. The number of allylic oxidation sites excluding steroid dienone is 1. The highest BCUT2D eigenvalue weighted by Gasteiger charge is 2.34. The SMILES string of the molecule is CCc1[nH]nc2c1[C@H](c1ccc(SC)cc1)C(C#N)=C(N)O2. The molecule has 5 nitrogen and oxygen atoms in total. The minimum absolute atomic E-state index is 0.128. The van der Waals surface area contributed by atoms with E-state index in [-0.39, 0.29) is 11.8 Å². The number of nitriles is 1. The number of nitrogens with zero attached hydrogens (tertiary/aromatic N) is 2. The summed E-state index contributed by atoms with van der Waals surface area (Å²) < 4.78 is 5.50. The van der Waals surface area contributed by atoms with E-state index in [4.69, 9.17) is 10.5 Å². The van der Waals surface area contributed by atoms with Crippen molar-refractivity contribution in [3.8, 4) is 11.9 Å². The Morgan fingerprint density at radius 1 is 1.41 bits per heavy atom. The molecular formula is C16H16N4OS. The number of aromatic amines is 1. The van der Waals surface area contributed by atoms with E-state index in [1.165, 1.54) is 4.90 Å². The summed E-state index contributed by atoms with van der Waals surface area (Å²) in [7, 11) is 0. The second-order valence-corrected chi connectivity index (χ2v) is 5.85. The molecular weight excluding hydrogens is 296 g/mol. The molecule has 1 aromatic carbocycles. The normalized spacial score (nSPS) is 16.9. The Labute approximate surface area is 133 Å². The molecule has 0 spiro atoms. The van der Waals surface area contributed by atoms with Gasteiger partial charge in [-0.2, -0.15) is 5.26 Å². The van der Waals surface area contributed by atoms with Crippen LogP contribution < -0.4 is 10.5 Å². The van der Waals surface area contributed by atoms with E-state index in [9.17, 15) is 5.26 Å². The zero-order valence-electron chi connectivity index (χ0n) is 12.4. The standard InChI is InChI=1S/C16H16N4OS/c1-3-12-14-13(9-4-6-10(22-2)7-5-9)11(8-17)15(18)21-16(14)20-19-12/h4-7,13H,3,18H2,1-2H3,(H,19,20)/t13-/m1/s1. The number of H-pyrrole nitrogens is 1. The van der Waals surface area contributed by atoms with E-state index in [2.05, 4.69) is 16.3 Å². The maximum atomic E-state index is 9.52. The average Bonchev–Trinajstić information content (AvgIpc) is 2.96. The molecule has 0 amide bonds. The zero-order chi connectivity index (χ0) is 15.7. The lowest BCUT2D eigenvalue weighted by molar-refractivity contribution is 0.378. The van der Waals surface area contributed by atoms with Crippen LogP contribution in [-0.2, 0) is 6.42 Å². The largest absolute Gasteiger partial charge is 0.420 e. The van der Waals surface area contributed by atoms with Gasteiger partial charge in [-0.25, -0.2) is 0 Å². The Balaban J connectivity index is 2.17. The molecule has 1 aliphatic heterocycles. The Bertz CT molecular complexity index is 770. The third kappa shape index (κ3) is 2.24. The van der Waals surface area contributed by atoms with E-state index in [1.807, 2.05) is 37.4 Å². The summed E-state index contributed by atoms with van der Waals surface area (Å²) in [6.45, 7) is 2.04. The lowest BCUT2D eigenvalue weighted by Gasteiger charge is -2.24. The van der Waals surface area contributed by atoms with Crippen LogP contribution in [0.25, 0.3) is 0 Å². The Kier molecular flexibility index (Phi) is 3.82. The van der Waals surface area contributed by atoms with Gasteiger partial charge in [0.25, 0.3) is 0 Å². The number of thioether (sulfide) groups is 1. The lowest BCUT2D eigenvalue weighted by atomic mass is 9.84. The van der Waals surface area contributed by atoms with Gasteiger partial charge in [0.1, 0.15) is 11.6 Å². The molecule has 1 aliphatic rings. The number of aryl methyl sites for hydroxylation is 1. The molecule has 0 fully saturated rings. The van der Waals surface area contributed by atoms with Crippen molar-refractivity contribution in [2.45, 2.75) is 24.2 Å². The maximum absolute atomic E-state index is 9.52. The van der Waals surface area contributed by atoms with Crippen LogP contribution in [0, 0.1) is 11.3 Å². The first kappa shape index (κ1) is 14.5. The fraction of sp³-hybridized carbons (Fsp3) is 0.250. The van der Waals surface area contributed by atoms with Crippen LogP contribution in [-0.4, -0.2) is 16.5 Å². The molecule has 3 N–H and O–H groups in total. The van der Waals surface area contributed by atoms with Crippen LogP contribution in [0.15, 0.2) is 40.6 Å². The predicted octanol–water partition coefficient (Wildman–Crippen LogP) is 2.91. The number of hydrogen-bond donors (Lipinski definition) is 2. The highest BCUT2D eigenvalue weighted by atomic mass is 32.2. The molecule has 22 heavy (non-hydrogen) atoms. The minimum Gasteiger partial charge on any atom is -0.420 e. The predicted molar refractivity (Wildman–Crippen MR) is 85.5 cm³/mol. The van der Waals surface area contributed by atoms with Crippen LogP contribution in [0.1, 0.15) is 29.7 Å². The first-order valence-electron chi connectivity index (χ1n) is 6.98. The molecule has 1 aromatic heterocycles. The first-order valence-corrected chi connectivity index (χ1v) is 8.20. The highest BCUT2D eigenvalue weighted by molar-refractivity contribution is 7.98. The number of hydrogen-bond acceptors (Lipinski definition) is 5. The summed E-state index contributed by atoms with van der Waals surface area (Å²) in [6, 6.07) is 10.4. The zero-order valence-corrected chi connectivity index (χ0v) is 13.2. The molecule has 0 saturated heterocycles. The fourth-order valence-corrected chi connectivity index (χ4v) is 3.12. The van der Waals surface area contributed by atoms with Gasteiger partial charge in [-0.1, -0.05) is 19.1 Å². The summed E-state index contributed by atoms with van der Waals surface area (Å²) in [6.07, 6.45) is 2.81. The number of rotatable bonds is 3. The van der Waals surface area contributed by atoms with Crippen LogP contribution >= 0.6 is 11.8 Å². The summed E-state index contributed by atoms with van der Waals surface area (Å²) >= 11 is 1.68. The number of benzene rings is 1. The van der Waals surface area contributed by atoms with Crippen molar-refractivity contribution in [2.75, 3.05) is 6.26 Å². The third-order valence-corrected chi connectivity index (χ3v) is 4.56. The summed E-state index contributed by atoms with van der Waals surface area (Å²) in [5.41, 5.74) is 9.23. The molecule has 0 unspecified atom stereocenters. The summed E-state index contributed by atoms with van der Waals surface area (Å²) in [4.78, 5) is 1.18. The van der Waals surface area contributed by atoms with Crippen molar-refractivity contribution in [1.29, 1.82) is 5.26 Å². The van der Waals surface area contributed by atoms with Gasteiger partial charge in [0.2, 0.25) is 11.8 Å². The van der Waals surface area contributed by atoms with Crippen molar-refractivity contribution in [3.05, 3.63) is 52.5 Å². The fourth-order valence-electron chi connectivity index (χ4n) is 2.71. The lowest BCUT2D eigenvalue weighted by Crippen LogP contribution is -2.21. The smallest absolute Gasteiger partial charge is 0.244 e. The van der Waals surface area contributed by atoms with Crippen molar-refractivity contribution in [2.24, 2.45) is 5.73 Å². The Morgan fingerprint density at radius 3 is 2.73 bits per heavy atom. The van der Waals surface area contributed by atoms with E-state index in [0.29, 0.717) is 11.5 Å². The second-order valence-electron chi connectivity index (χ2n) is 4.97. The van der Waals surface area contributed by atoms with Gasteiger partial charge in [-0.3, -0.25) is 5.10 Å². The first-order chi connectivity index (χ1) is 10.7. The number of nitrogens with one attached hydrogen (secondary N) is 1. The monoisotopic (exact) mass is 312 g/mol. The van der Waals surface area contributed by atoms with Crippen molar-refractivity contribution in [1.82, 2.24) is 10.2 Å². The number of fused-ring (bicyclic) bond motifs is 1. The van der Waals surface area contributed by atoms with Crippen LogP contribution in [0.2, 0.25) is 0 Å². The van der Waals surface area contributed by atoms with Gasteiger partial charge in [-0.15, -0.1) is 16.9 Å². The maximum Gasteiger partial charge on any atom is 0.244 e. The van der Waals surface area contributed by atoms with Crippen molar-refractivity contribution >= 4 is 11.8 Å². The number of nitrogens with two attached hydrogens (primary N) is 1. The Morgan fingerprint density at radius 2 is 2.14 bits per heavy atom. The molecule has 0 bridgehead atoms. The second kappa shape index (κ2) is 5.78. The quantitative estimate of drug-likeness (QED) is 0.851. The molecule has 0 radical (unpaired) electrons. The van der Waals surface area contributed by atoms with E-state index < -0.39 is 0 Å². The third-order valence-electron chi connectivity index (χ3n) is 3.82. The summed E-state index contributed by atoms with van der Waals surface area (Å²) in [5, 5.41) is 16.7.